The van der Waals surface area contributed by atoms with Crippen LogP contribution in [0.1, 0.15) is 65.5 Å². The van der Waals surface area contributed by atoms with Crippen LogP contribution in [0.3, 0.4) is 0 Å². The minimum atomic E-state index is -0.259. The van der Waals surface area contributed by atoms with Gasteiger partial charge in [-0.3, -0.25) is 0 Å². The number of aromatic nitrogens is 6. The monoisotopic (exact) mass is 468 g/mol. The van der Waals surface area contributed by atoms with Crippen molar-refractivity contribution in [1.82, 2.24) is 30.0 Å². The number of rotatable bonds is 6. The molecule has 0 amide bonds. The van der Waals surface area contributed by atoms with Gasteiger partial charge in [-0.15, -0.1) is 30.0 Å². The summed E-state index contributed by atoms with van der Waals surface area (Å²) in [6.07, 6.45) is 1.76. The van der Waals surface area contributed by atoms with Crippen molar-refractivity contribution in [3.8, 4) is 17.1 Å². The summed E-state index contributed by atoms with van der Waals surface area (Å²) < 4.78 is 0. The highest BCUT2D eigenvalue weighted by Gasteiger charge is 2.34. The fraction of sp³-hybridized carbons (Fsp3) is 0.357. The van der Waals surface area contributed by atoms with Crippen molar-refractivity contribution in [2.45, 2.75) is 65.2 Å². The Hall–Kier alpha value is -3.74. The normalized spacial score (nSPS) is 12.6. The van der Waals surface area contributed by atoms with Gasteiger partial charge in [-0.05, 0) is 59.6 Å². The van der Waals surface area contributed by atoms with E-state index in [9.17, 15) is 5.11 Å². The highest BCUT2D eigenvalue weighted by molar-refractivity contribution is 5.77. The lowest BCUT2D eigenvalue weighted by Gasteiger charge is -2.32. The van der Waals surface area contributed by atoms with E-state index < -0.39 is 0 Å². The second kappa shape index (κ2) is 8.18. The third kappa shape index (κ3) is 3.75. The molecule has 180 valence electrons. The van der Waals surface area contributed by atoms with Gasteiger partial charge >= 0.3 is 0 Å². The average Bonchev–Trinajstić information content (AvgIpc) is 3.47. The van der Waals surface area contributed by atoms with E-state index >= 15 is 0 Å². The van der Waals surface area contributed by atoms with Crippen LogP contribution >= 0.6 is 0 Å². The van der Waals surface area contributed by atoms with Gasteiger partial charge in [0, 0.05) is 5.56 Å². The molecule has 2 heterocycles. The van der Waals surface area contributed by atoms with Crippen molar-refractivity contribution < 1.29 is 5.11 Å². The lowest BCUT2D eigenvalue weighted by molar-refractivity contribution is 0.418. The quantitative estimate of drug-likeness (QED) is 0.319. The average molecular weight is 469 g/mol. The van der Waals surface area contributed by atoms with E-state index in [4.69, 9.17) is 20.4 Å². The van der Waals surface area contributed by atoms with E-state index in [2.05, 4.69) is 47.6 Å². The van der Waals surface area contributed by atoms with Gasteiger partial charge in [-0.1, -0.05) is 65.8 Å². The van der Waals surface area contributed by atoms with E-state index in [1.165, 1.54) is 0 Å². The van der Waals surface area contributed by atoms with Gasteiger partial charge in [-0.2, -0.15) is 0 Å². The summed E-state index contributed by atoms with van der Waals surface area (Å²) in [6.45, 7) is 13.1. The molecule has 5 aromatic rings. The van der Waals surface area contributed by atoms with Gasteiger partial charge in [0.15, 0.2) is 5.69 Å². The highest BCUT2D eigenvalue weighted by Crippen LogP contribution is 2.45. The van der Waals surface area contributed by atoms with E-state index in [1.54, 1.807) is 9.59 Å². The molecule has 7 nitrogen and oxygen atoms in total. The van der Waals surface area contributed by atoms with Crippen LogP contribution in [0.4, 0.5) is 0 Å². The lowest BCUT2D eigenvalue weighted by atomic mass is 9.75. The van der Waals surface area contributed by atoms with Crippen LogP contribution in [-0.4, -0.2) is 35.1 Å². The largest absolute Gasteiger partial charge is 0.505 e. The maximum absolute atomic E-state index is 11.8. The van der Waals surface area contributed by atoms with Crippen LogP contribution in [0.5, 0.6) is 5.75 Å². The van der Waals surface area contributed by atoms with Gasteiger partial charge in [0.2, 0.25) is 0 Å². The molecule has 0 unspecified atom stereocenters. The summed E-state index contributed by atoms with van der Waals surface area (Å²) in [6, 6.07) is 17.6. The smallest absolute Gasteiger partial charge is 0.155 e. The Morgan fingerprint density at radius 2 is 1.00 bits per heavy atom. The molecule has 3 aromatic carbocycles. The predicted octanol–water partition coefficient (Wildman–Crippen LogP) is 6.24. The first-order valence-corrected chi connectivity index (χ1v) is 12.2. The van der Waals surface area contributed by atoms with Gasteiger partial charge in [0.25, 0.3) is 0 Å². The summed E-state index contributed by atoms with van der Waals surface area (Å²) >= 11 is 0. The predicted molar refractivity (Wildman–Crippen MR) is 140 cm³/mol. The molecule has 1 N–H and O–H groups in total. The van der Waals surface area contributed by atoms with Crippen molar-refractivity contribution in [1.29, 1.82) is 0 Å². The van der Waals surface area contributed by atoms with Crippen molar-refractivity contribution in [3.05, 3.63) is 65.7 Å². The van der Waals surface area contributed by atoms with Crippen molar-refractivity contribution in [3.63, 3.8) is 0 Å². The zero-order valence-corrected chi connectivity index (χ0v) is 21.2. The number of fused-ring (bicyclic) bond motifs is 2. The number of phenolic OH excluding ortho intramolecular Hbond substituents is 1. The number of nitrogens with zero attached hydrogens (tertiary/aromatic N) is 6. The molecule has 0 saturated carbocycles. The van der Waals surface area contributed by atoms with E-state index in [-0.39, 0.29) is 16.6 Å². The summed E-state index contributed by atoms with van der Waals surface area (Å²) in [5.74, 6) is 0.157. The first-order valence-electron chi connectivity index (χ1n) is 12.2. The minimum Gasteiger partial charge on any atom is -0.505 e. The molecule has 0 fully saturated rings. The Kier molecular flexibility index (Phi) is 5.38. The summed E-state index contributed by atoms with van der Waals surface area (Å²) in [5.41, 5.74) is 5.72. The maximum atomic E-state index is 11.8. The molecule has 0 saturated heterocycles. The molecule has 0 aliphatic heterocycles. The third-order valence-corrected chi connectivity index (χ3v) is 7.45. The molecule has 5 rings (SSSR count). The van der Waals surface area contributed by atoms with Crippen molar-refractivity contribution in [2.24, 2.45) is 0 Å². The number of phenols is 1. The van der Waals surface area contributed by atoms with E-state index in [0.29, 0.717) is 11.4 Å². The Balaban J connectivity index is 1.95. The first kappa shape index (κ1) is 23.0. The zero-order valence-electron chi connectivity index (χ0n) is 21.2. The Morgan fingerprint density at radius 1 is 0.629 bits per heavy atom. The maximum Gasteiger partial charge on any atom is 0.155 e. The fourth-order valence-electron chi connectivity index (χ4n) is 4.37. The van der Waals surface area contributed by atoms with Crippen LogP contribution in [0.15, 0.2) is 54.6 Å². The number of benzene rings is 3. The molecular formula is C28H32N6O. The molecule has 0 spiro atoms. The molecule has 0 aliphatic carbocycles. The Bertz CT molecular complexity index is 1480. The highest BCUT2D eigenvalue weighted by atomic mass is 16.3. The number of hydrogen-bond donors (Lipinski definition) is 1. The SMILES string of the molecule is CCC(C)(C)c1cc(C(C)(C)CC)c(-n2nc3ccccc3n2)c(-n2nc3ccccc3n2)c1O. The van der Waals surface area contributed by atoms with Crippen LogP contribution in [-0.2, 0) is 10.8 Å². The third-order valence-electron chi connectivity index (χ3n) is 7.45. The van der Waals surface area contributed by atoms with Gasteiger partial charge in [-0.25, -0.2) is 0 Å². The molecular weight excluding hydrogens is 436 g/mol. The molecule has 35 heavy (non-hydrogen) atoms. The van der Waals surface area contributed by atoms with Crippen LogP contribution in [0.2, 0.25) is 0 Å². The molecule has 7 heteroatoms. The molecule has 2 aromatic heterocycles. The summed E-state index contributed by atoms with van der Waals surface area (Å²) in [7, 11) is 0. The number of hydrogen-bond acceptors (Lipinski definition) is 5. The lowest BCUT2D eigenvalue weighted by Crippen LogP contribution is -2.25. The Labute approximate surface area is 205 Å². The molecule has 0 bridgehead atoms. The minimum absolute atomic E-state index is 0.157. The topological polar surface area (TPSA) is 81.7 Å². The molecule has 0 atom stereocenters. The zero-order chi connectivity index (χ0) is 25.0. The molecule has 0 radical (unpaired) electrons. The fourth-order valence-corrected chi connectivity index (χ4v) is 4.37. The van der Waals surface area contributed by atoms with Gasteiger partial charge in [0.05, 0.1) is 0 Å². The standard InChI is InChI=1S/C28H32N6O/c1-7-27(3,4)18-17-19(28(5,6)8-2)26(35)25(34-31-22-15-11-12-16-23(22)32-34)24(18)33-29-20-13-9-10-14-21(20)30-33/h9-17,35H,7-8H2,1-6H3. The van der Waals surface area contributed by atoms with Crippen LogP contribution in [0, 0.1) is 0 Å². The van der Waals surface area contributed by atoms with E-state index in [0.717, 1.165) is 46.0 Å². The summed E-state index contributed by atoms with van der Waals surface area (Å²) in [4.78, 5) is 3.19. The first-order chi connectivity index (χ1) is 16.7. The van der Waals surface area contributed by atoms with Crippen molar-refractivity contribution in [2.75, 3.05) is 0 Å². The Morgan fingerprint density at radius 3 is 1.40 bits per heavy atom. The number of aromatic hydroxyl groups is 1. The van der Waals surface area contributed by atoms with Crippen LogP contribution in [0.25, 0.3) is 33.4 Å². The summed E-state index contributed by atoms with van der Waals surface area (Å²) in [5, 5.41) is 31.0. The van der Waals surface area contributed by atoms with Gasteiger partial charge in [0.1, 0.15) is 33.5 Å². The second-order valence-electron chi connectivity index (χ2n) is 10.4. The second-order valence-corrected chi connectivity index (χ2v) is 10.4. The van der Waals surface area contributed by atoms with Crippen LogP contribution < -0.4 is 0 Å². The van der Waals surface area contributed by atoms with Gasteiger partial charge < -0.3 is 5.11 Å². The van der Waals surface area contributed by atoms with Crippen molar-refractivity contribution >= 4 is 22.1 Å². The molecule has 0 aliphatic rings. The van der Waals surface area contributed by atoms with E-state index in [1.807, 2.05) is 48.5 Å².